The van der Waals surface area contributed by atoms with Gasteiger partial charge in [0.2, 0.25) is 0 Å². The number of benzene rings is 1. The van der Waals surface area contributed by atoms with Crippen LogP contribution in [0.25, 0.3) is 0 Å². The zero-order valence-electron chi connectivity index (χ0n) is 11.9. The van der Waals surface area contributed by atoms with Crippen LogP contribution in [-0.4, -0.2) is 19.0 Å². The fourth-order valence-electron chi connectivity index (χ4n) is 2.72. The van der Waals surface area contributed by atoms with E-state index in [1.54, 1.807) is 0 Å². The van der Waals surface area contributed by atoms with E-state index >= 15 is 0 Å². The number of rotatable bonds is 6. The Morgan fingerprint density at radius 2 is 2.05 bits per heavy atom. The van der Waals surface area contributed by atoms with Gasteiger partial charge in [-0.3, -0.25) is 4.79 Å². The quantitative estimate of drug-likeness (QED) is 0.567. The van der Waals surface area contributed by atoms with Crippen LogP contribution in [0.2, 0.25) is 0 Å². The predicted molar refractivity (Wildman–Crippen MR) is 77.5 cm³/mol. The Hall–Kier alpha value is -1.15. The van der Waals surface area contributed by atoms with Crippen LogP contribution in [0.15, 0.2) is 24.3 Å². The van der Waals surface area contributed by atoms with Crippen LogP contribution >= 0.6 is 0 Å². The first-order valence-electron chi connectivity index (χ1n) is 7.43. The average Bonchev–Trinajstić information content (AvgIpc) is 2.44. The van der Waals surface area contributed by atoms with Gasteiger partial charge in [-0.1, -0.05) is 36.6 Å². The molecule has 1 fully saturated rings. The zero-order chi connectivity index (χ0) is 13.5. The maximum absolute atomic E-state index is 12.0. The molecular weight excluding hydrogens is 236 g/mol. The van der Waals surface area contributed by atoms with Gasteiger partial charge in [-0.05, 0) is 38.2 Å². The van der Waals surface area contributed by atoms with E-state index in [0.717, 1.165) is 36.7 Å². The molecule has 0 bridgehead atoms. The molecule has 2 rings (SSSR count). The summed E-state index contributed by atoms with van der Waals surface area (Å²) in [6.45, 7) is 3.88. The lowest BCUT2D eigenvalue weighted by atomic mass is 9.93. The van der Waals surface area contributed by atoms with Crippen molar-refractivity contribution < 1.29 is 9.53 Å². The molecule has 0 radical (unpaired) electrons. The Bertz CT molecular complexity index is 405. The zero-order valence-corrected chi connectivity index (χ0v) is 11.9. The molecule has 2 nitrogen and oxygen atoms in total. The Labute approximate surface area is 116 Å². The molecule has 104 valence electrons. The van der Waals surface area contributed by atoms with Crippen LogP contribution in [0.4, 0.5) is 0 Å². The van der Waals surface area contributed by atoms with E-state index in [1.807, 2.05) is 31.2 Å². The van der Waals surface area contributed by atoms with Gasteiger partial charge in [0.05, 0.1) is 0 Å². The monoisotopic (exact) mass is 260 g/mol. The number of hydrogen-bond donors (Lipinski definition) is 0. The summed E-state index contributed by atoms with van der Waals surface area (Å²) in [7, 11) is 0. The molecule has 0 amide bonds. The smallest absolute Gasteiger partial charge is 0.162 e. The molecule has 0 spiro atoms. The molecule has 1 aromatic carbocycles. The maximum Gasteiger partial charge on any atom is 0.162 e. The summed E-state index contributed by atoms with van der Waals surface area (Å²) in [5.41, 5.74) is 2.03. The molecule has 1 aromatic rings. The summed E-state index contributed by atoms with van der Waals surface area (Å²) < 4.78 is 5.36. The normalized spacial score (nSPS) is 16.5. The van der Waals surface area contributed by atoms with Crippen molar-refractivity contribution in [2.75, 3.05) is 13.2 Å². The molecule has 0 N–H and O–H groups in total. The highest BCUT2D eigenvalue weighted by Gasteiger charge is 2.13. The molecule has 0 aromatic heterocycles. The van der Waals surface area contributed by atoms with Gasteiger partial charge in [0.1, 0.15) is 0 Å². The number of Topliss-reactive ketones (excluding diaryl/α,β-unsaturated/α-hetero) is 1. The number of ether oxygens (including phenoxy) is 1. The third-order valence-corrected chi connectivity index (χ3v) is 3.95. The van der Waals surface area contributed by atoms with Gasteiger partial charge in [-0.15, -0.1) is 0 Å². The van der Waals surface area contributed by atoms with Gasteiger partial charge in [0.15, 0.2) is 5.78 Å². The lowest BCUT2D eigenvalue weighted by Gasteiger charge is -2.21. The predicted octanol–water partition coefficient (Wildman–Crippen LogP) is 4.16. The molecule has 1 aliphatic rings. The standard InChI is InChI=1S/C17H24O2/c1-14-5-4-7-16(13-14)17(18)8-3-2-6-15-9-11-19-12-10-15/h4-5,7,13,15H,2-3,6,8-12H2,1H3. The largest absolute Gasteiger partial charge is 0.381 e. The number of carbonyl (C=O) groups excluding carboxylic acids is 1. The van der Waals surface area contributed by atoms with Crippen molar-refractivity contribution >= 4 is 5.78 Å². The van der Waals surface area contributed by atoms with Gasteiger partial charge in [-0.2, -0.15) is 0 Å². The highest BCUT2D eigenvalue weighted by molar-refractivity contribution is 5.96. The van der Waals surface area contributed by atoms with E-state index in [0.29, 0.717) is 6.42 Å². The van der Waals surface area contributed by atoms with Gasteiger partial charge >= 0.3 is 0 Å². The molecule has 2 heteroatoms. The molecule has 1 heterocycles. The first kappa shape index (κ1) is 14.3. The third-order valence-electron chi connectivity index (χ3n) is 3.95. The Morgan fingerprint density at radius 1 is 1.26 bits per heavy atom. The van der Waals surface area contributed by atoms with Crippen LogP contribution in [0.1, 0.15) is 54.4 Å². The van der Waals surface area contributed by atoms with E-state index < -0.39 is 0 Å². The van der Waals surface area contributed by atoms with E-state index in [2.05, 4.69) is 0 Å². The second kappa shape index (κ2) is 7.44. The van der Waals surface area contributed by atoms with Crippen LogP contribution < -0.4 is 0 Å². The van der Waals surface area contributed by atoms with E-state index in [4.69, 9.17) is 4.74 Å². The minimum atomic E-state index is 0.288. The van der Waals surface area contributed by atoms with Crippen LogP contribution in [0.5, 0.6) is 0 Å². The van der Waals surface area contributed by atoms with Gasteiger partial charge < -0.3 is 4.74 Å². The summed E-state index contributed by atoms with van der Waals surface area (Å²) in [5.74, 6) is 1.11. The summed E-state index contributed by atoms with van der Waals surface area (Å²) in [6.07, 6.45) is 6.53. The third kappa shape index (κ3) is 4.79. The fraction of sp³-hybridized carbons (Fsp3) is 0.588. The number of unbranched alkanes of at least 4 members (excludes halogenated alkanes) is 1. The first-order valence-corrected chi connectivity index (χ1v) is 7.43. The highest BCUT2D eigenvalue weighted by atomic mass is 16.5. The van der Waals surface area contributed by atoms with Crippen molar-refractivity contribution in [3.8, 4) is 0 Å². The van der Waals surface area contributed by atoms with Crippen molar-refractivity contribution in [2.24, 2.45) is 5.92 Å². The van der Waals surface area contributed by atoms with Crippen molar-refractivity contribution in [1.82, 2.24) is 0 Å². The maximum atomic E-state index is 12.0. The fourth-order valence-corrected chi connectivity index (χ4v) is 2.72. The molecule has 19 heavy (non-hydrogen) atoms. The summed E-state index contributed by atoms with van der Waals surface area (Å²) in [5, 5.41) is 0. The number of ketones is 1. The van der Waals surface area contributed by atoms with E-state index in [9.17, 15) is 4.79 Å². The van der Waals surface area contributed by atoms with Crippen molar-refractivity contribution in [3.63, 3.8) is 0 Å². The molecule has 0 atom stereocenters. The number of carbonyl (C=O) groups is 1. The van der Waals surface area contributed by atoms with Gasteiger partial charge in [0, 0.05) is 25.2 Å². The molecular formula is C17H24O2. The second-order valence-corrected chi connectivity index (χ2v) is 5.59. The summed E-state index contributed by atoms with van der Waals surface area (Å²) in [4.78, 5) is 12.0. The lowest BCUT2D eigenvalue weighted by molar-refractivity contribution is 0.0630. The van der Waals surface area contributed by atoms with E-state index in [-0.39, 0.29) is 5.78 Å². The second-order valence-electron chi connectivity index (χ2n) is 5.59. The minimum absolute atomic E-state index is 0.288. The average molecular weight is 260 g/mol. The molecule has 0 unspecified atom stereocenters. The summed E-state index contributed by atoms with van der Waals surface area (Å²) >= 11 is 0. The minimum Gasteiger partial charge on any atom is -0.381 e. The molecule has 0 aliphatic carbocycles. The van der Waals surface area contributed by atoms with Gasteiger partial charge in [0.25, 0.3) is 0 Å². The Kier molecular flexibility index (Phi) is 5.59. The molecule has 0 saturated carbocycles. The Morgan fingerprint density at radius 3 is 2.79 bits per heavy atom. The first-order chi connectivity index (χ1) is 9.25. The van der Waals surface area contributed by atoms with Crippen molar-refractivity contribution in [3.05, 3.63) is 35.4 Å². The molecule has 1 saturated heterocycles. The van der Waals surface area contributed by atoms with E-state index in [1.165, 1.54) is 25.7 Å². The lowest BCUT2D eigenvalue weighted by Crippen LogP contribution is -2.15. The highest BCUT2D eigenvalue weighted by Crippen LogP contribution is 2.21. The topological polar surface area (TPSA) is 26.3 Å². The van der Waals surface area contributed by atoms with Crippen molar-refractivity contribution in [2.45, 2.75) is 45.4 Å². The molecule has 1 aliphatic heterocycles. The summed E-state index contributed by atoms with van der Waals surface area (Å²) in [6, 6.07) is 7.90. The SMILES string of the molecule is Cc1cccc(C(=O)CCCCC2CCOCC2)c1. The van der Waals surface area contributed by atoms with Crippen LogP contribution in [0.3, 0.4) is 0 Å². The Balaban J connectivity index is 1.66. The van der Waals surface area contributed by atoms with Crippen molar-refractivity contribution in [1.29, 1.82) is 0 Å². The van der Waals surface area contributed by atoms with Gasteiger partial charge in [-0.25, -0.2) is 0 Å². The van der Waals surface area contributed by atoms with Crippen LogP contribution in [-0.2, 0) is 4.74 Å². The van der Waals surface area contributed by atoms with Crippen LogP contribution in [0, 0.1) is 12.8 Å². The number of hydrogen-bond acceptors (Lipinski definition) is 2. The number of aryl methyl sites for hydroxylation is 1.